The van der Waals surface area contributed by atoms with Crippen LogP contribution in [0.15, 0.2) is 30.5 Å². The van der Waals surface area contributed by atoms with Crippen LogP contribution in [0.2, 0.25) is 0 Å². The first-order valence-corrected chi connectivity index (χ1v) is 4.02. The van der Waals surface area contributed by atoms with E-state index in [0.717, 1.165) is 5.56 Å². The average molecular weight is 162 g/mol. The van der Waals surface area contributed by atoms with Crippen molar-refractivity contribution in [2.45, 2.75) is 20.3 Å². The second kappa shape index (κ2) is 3.44. The van der Waals surface area contributed by atoms with Crippen molar-refractivity contribution in [2.24, 2.45) is 0 Å². The van der Waals surface area contributed by atoms with Gasteiger partial charge in [0.05, 0.1) is 5.76 Å². The van der Waals surface area contributed by atoms with Crippen molar-refractivity contribution in [2.75, 3.05) is 0 Å². The maximum absolute atomic E-state index is 8.99. The number of allylic oxidation sites excluding steroid dienone is 1. The Hall–Kier alpha value is -1.24. The Morgan fingerprint density at radius 3 is 2.17 bits per heavy atom. The highest BCUT2D eigenvalue weighted by Gasteiger charge is 1.96. The molecule has 0 radical (unpaired) electrons. The molecule has 0 atom stereocenters. The number of aryl methyl sites for hydroxylation is 2. The fourth-order valence-corrected chi connectivity index (χ4v) is 1.41. The molecule has 0 aliphatic carbocycles. The maximum Gasteiger partial charge on any atom is 0.0894 e. The van der Waals surface area contributed by atoms with Gasteiger partial charge in [0.2, 0.25) is 0 Å². The normalized spacial score (nSPS) is 9.83. The summed E-state index contributed by atoms with van der Waals surface area (Å²) in [5, 5.41) is 8.99. The van der Waals surface area contributed by atoms with Crippen molar-refractivity contribution >= 4 is 0 Å². The van der Waals surface area contributed by atoms with Crippen molar-refractivity contribution in [3.8, 4) is 0 Å². The number of hydrogen-bond donors (Lipinski definition) is 1. The number of rotatable bonds is 2. The van der Waals surface area contributed by atoms with Gasteiger partial charge in [-0.1, -0.05) is 35.9 Å². The predicted octanol–water partition coefficient (Wildman–Crippen LogP) is 2.92. The average Bonchev–Trinajstić information content (AvgIpc) is 1.81. The van der Waals surface area contributed by atoms with Crippen molar-refractivity contribution in [1.82, 2.24) is 0 Å². The first kappa shape index (κ1) is 8.85. The van der Waals surface area contributed by atoms with Crippen molar-refractivity contribution in [3.05, 3.63) is 47.2 Å². The Kier molecular flexibility index (Phi) is 2.54. The molecule has 0 aromatic heterocycles. The second-order valence-corrected chi connectivity index (χ2v) is 3.24. The summed E-state index contributed by atoms with van der Waals surface area (Å²) >= 11 is 0. The van der Waals surface area contributed by atoms with Crippen LogP contribution in [0.3, 0.4) is 0 Å². The summed E-state index contributed by atoms with van der Waals surface area (Å²) in [4.78, 5) is 0. The Morgan fingerprint density at radius 1 is 1.25 bits per heavy atom. The number of hydrogen-bond acceptors (Lipinski definition) is 1. The van der Waals surface area contributed by atoms with Gasteiger partial charge in [-0.05, 0) is 19.4 Å². The largest absolute Gasteiger partial charge is 0.513 e. The molecule has 12 heavy (non-hydrogen) atoms. The topological polar surface area (TPSA) is 20.2 Å². The minimum Gasteiger partial charge on any atom is -0.513 e. The molecule has 1 N–H and O–H groups in total. The summed E-state index contributed by atoms with van der Waals surface area (Å²) < 4.78 is 0. The lowest BCUT2D eigenvalue weighted by molar-refractivity contribution is 0.401. The smallest absolute Gasteiger partial charge is 0.0894 e. The van der Waals surface area contributed by atoms with Gasteiger partial charge in [0.25, 0.3) is 0 Å². The Labute approximate surface area is 73.4 Å². The zero-order valence-electron chi connectivity index (χ0n) is 7.59. The molecule has 0 heterocycles. The Morgan fingerprint density at radius 2 is 1.75 bits per heavy atom. The first-order valence-electron chi connectivity index (χ1n) is 4.02. The maximum atomic E-state index is 8.99. The molecule has 0 aliphatic rings. The molecule has 0 unspecified atom stereocenters. The van der Waals surface area contributed by atoms with Gasteiger partial charge in [-0.3, -0.25) is 0 Å². The summed E-state index contributed by atoms with van der Waals surface area (Å²) in [7, 11) is 0. The highest BCUT2D eigenvalue weighted by Crippen LogP contribution is 2.11. The zero-order chi connectivity index (χ0) is 9.14. The Bertz CT molecular complexity index is 280. The van der Waals surface area contributed by atoms with E-state index in [0.29, 0.717) is 6.42 Å². The molecule has 0 bridgehead atoms. The molecule has 0 amide bonds. The van der Waals surface area contributed by atoms with Crippen molar-refractivity contribution in [3.63, 3.8) is 0 Å². The zero-order valence-corrected chi connectivity index (χ0v) is 7.59. The fraction of sp³-hybridized carbons (Fsp3) is 0.273. The van der Waals surface area contributed by atoms with Crippen LogP contribution < -0.4 is 0 Å². The molecule has 64 valence electrons. The van der Waals surface area contributed by atoms with Crippen LogP contribution in [0.25, 0.3) is 0 Å². The third-order valence-corrected chi connectivity index (χ3v) is 1.69. The molecular formula is C11H14O. The molecule has 1 heteroatoms. The summed E-state index contributed by atoms with van der Waals surface area (Å²) in [6, 6.07) is 6.24. The summed E-state index contributed by atoms with van der Waals surface area (Å²) in [5.41, 5.74) is 3.58. The standard InChI is InChI=1S/C11H14O/c1-8-4-9(2)6-11(5-8)7-10(3)12/h4-6,12H,3,7H2,1-2H3. The van der Waals surface area contributed by atoms with E-state index in [1.165, 1.54) is 11.1 Å². The lowest BCUT2D eigenvalue weighted by Gasteiger charge is -2.03. The van der Waals surface area contributed by atoms with Crippen LogP contribution in [0.5, 0.6) is 0 Å². The highest BCUT2D eigenvalue weighted by atomic mass is 16.3. The van der Waals surface area contributed by atoms with Crippen LogP contribution in [-0.2, 0) is 6.42 Å². The molecule has 0 saturated heterocycles. The SMILES string of the molecule is C=C(O)Cc1cc(C)cc(C)c1. The monoisotopic (exact) mass is 162 g/mol. The molecule has 1 aromatic carbocycles. The van der Waals surface area contributed by atoms with E-state index in [1.54, 1.807) is 0 Å². The number of aliphatic hydroxyl groups is 1. The van der Waals surface area contributed by atoms with Gasteiger partial charge in [0, 0.05) is 6.42 Å². The molecule has 1 rings (SSSR count). The van der Waals surface area contributed by atoms with Crippen LogP contribution in [0.1, 0.15) is 16.7 Å². The molecule has 0 aliphatic heterocycles. The van der Waals surface area contributed by atoms with E-state index in [-0.39, 0.29) is 5.76 Å². The number of aliphatic hydroxyl groups excluding tert-OH is 1. The van der Waals surface area contributed by atoms with E-state index < -0.39 is 0 Å². The van der Waals surface area contributed by atoms with E-state index in [4.69, 9.17) is 5.11 Å². The lowest BCUT2D eigenvalue weighted by Crippen LogP contribution is -1.89. The van der Waals surface area contributed by atoms with Gasteiger partial charge >= 0.3 is 0 Å². The van der Waals surface area contributed by atoms with Crippen LogP contribution in [-0.4, -0.2) is 5.11 Å². The molecular weight excluding hydrogens is 148 g/mol. The van der Waals surface area contributed by atoms with E-state index in [2.05, 4.69) is 38.6 Å². The van der Waals surface area contributed by atoms with Gasteiger partial charge in [-0.25, -0.2) is 0 Å². The number of benzene rings is 1. The van der Waals surface area contributed by atoms with Crippen LogP contribution >= 0.6 is 0 Å². The fourth-order valence-electron chi connectivity index (χ4n) is 1.41. The van der Waals surface area contributed by atoms with Crippen LogP contribution in [0, 0.1) is 13.8 Å². The molecule has 0 fully saturated rings. The van der Waals surface area contributed by atoms with Crippen molar-refractivity contribution in [1.29, 1.82) is 0 Å². The first-order chi connectivity index (χ1) is 5.58. The quantitative estimate of drug-likeness (QED) is 0.663. The summed E-state index contributed by atoms with van der Waals surface area (Å²) in [5.74, 6) is 0.222. The molecule has 0 spiro atoms. The Balaban J connectivity index is 2.93. The van der Waals surface area contributed by atoms with Gasteiger partial charge in [-0.2, -0.15) is 0 Å². The predicted molar refractivity (Wildman–Crippen MR) is 51.4 cm³/mol. The van der Waals surface area contributed by atoms with Crippen molar-refractivity contribution < 1.29 is 5.11 Å². The summed E-state index contributed by atoms with van der Waals surface area (Å²) in [6.07, 6.45) is 0.558. The molecule has 0 saturated carbocycles. The lowest BCUT2D eigenvalue weighted by atomic mass is 10.0. The van der Waals surface area contributed by atoms with Gasteiger partial charge in [-0.15, -0.1) is 0 Å². The van der Waals surface area contributed by atoms with Gasteiger partial charge in [0.1, 0.15) is 0 Å². The summed E-state index contributed by atoms with van der Waals surface area (Å²) in [6.45, 7) is 7.57. The third kappa shape index (κ3) is 2.42. The van der Waals surface area contributed by atoms with E-state index >= 15 is 0 Å². The molecule has 1 aromatic rings. The minimum absolute atomic E-state index is 0.222. The van der Waals surface area contributed by atoms with Gasteiger partial charge in [0.15, 0.2) is 0 Å². The minimum atomic E-state index is 0.222. The van der Waals surface area contributed by atoms with E-state index in [9.17, 15) is 0 Å². The molecule has 1 nitrogen and oxygen atoms in total. The van der Waals surface area contributed by atoms with Crippen LogP contribution in [0.4, 0.5) is 0 Å². The second-order valence-electron chi connectivity index (χ2n) is 3.24. The van der Waals surface area contributed by atoms with E-state index in [1.807, 2.05) is 0 Å². The highest BCUT2D eigenvalue weighted by molar-refractivity contribution is 5.30. The van der Waals surface area contributed by atoms with Gasteiger partial charge < -0.3 is 5.11 Å². The third-order valence-electron chi connectivity index (χ3n) is 1.69.